The fourth-order valence-corrected chi connectivity index (χ4v) is 2.26. The van der Waals surface area contributed by atoms with Gasteiger partial charge in [-0.1, -0.05) is 0 Å². The lowest BCUT2D eigenvalue weighted by Gasteiger charge is -2.21. The minimum absolute atomic E-state index is 0.230. The van der Waals surface area contributed by atoms with Crippen LogP contribution < -0.4 is 5.32 Å². The lowest BCUT2D eigenvalue weighted by molar-refractivity contribution is 0.117. The fraction of sp³-hybridized carbons (Fsp3) is 0.538. The lowest BCUT2D eigenvalue weighted by atomic mass is 10.2. The maximum absolute atomic E-state index is 12.0. The molecule has 1 heterocycles. The first-order valence-corrected chi connectivity index (χ1v) is 7.10. The van der Waals surface area contributed by atoms with Crippen LogP contribution in [0.2, 0.25) is 0 Å². The largest absolute Gasteiger partial charge is 0.391 e. The van der Waals surface area contributed by atoms with Gasteiger partial charge in [0.25, 0.3) is 0 Å². The number of aliphatic hydroxyl groups excluding tert-OH is 1. The van der Waals surface area contributed by atoms with Gasteiger partial charge in [0.2, 0.25) is 0 Å². The molecule has 1 atom stereocenters. The van der Waals surface area contributed by atoms with Crippen LogP contribution in [0.25, 0.3) is 0 Å². The van der Waals surface area contributed by atoms with E-state index in [0.717, 1.165) is 23.1 Å². The zero-order valence-electron chi connectivity index (χ0n) is 11.1. The normalized spacial score (nSPS) is 16.0. The molecule has 19 heavy (non-hydrogen) atoms. The minimum atomic E-state index is -0.417. The molecule has 0 spiro atoms. The van der Waals surface area contributed by atoms with Gasteiger partial charge >= 0.3 is 6.03 Å². The second-order valence-corrected chi connectivity index (χ2v) is 5.79. The van der Waals surface area contributed by atoms with E-state index in [-0.39, 0.29) is 6.03 Å². The molecule has 0 radical (unpaired) electrons. The highest BCUT2D eigenvalue weighted by molar-refractivity contribution is 9.10. The van der Waals surface area contributed by atoms with Crippen LogP contribution >= 0.6 is 15.9 Å². The quantitative estimate of drug-likeness (QED) is 0.834. The molecule has 6 heteroatoms. The predicted octanol–water partition coefficient (Wildman–Crippen LogP) is 2.39. The Kier molecular flexibility index (Phi) is 4.42. The van der Waals surface area contributed by atoms with Crippen LogP contribution in [-0.2, 0) is 0 Å². The first-order chi connectivity index (χ1) is 8.97. The fourth-order valence-electron chi connectivity index (χ4n) is 1.87. The smallest absolute Gasteiger partial charge is 0.321 e. The minimum Gasteiger partial charge on any atom is -0.391 e. The summed E-state index contributed by atoms with van der Waals surface area (Å²) in [5, 5.41) is 12.6. The Morgan fingerprint density at radius 1 is 1.63 bits per heavy atom. The molecule has 1 saturated carbocycles. The highest BCUT2D eigenvalue weighted by Crippen LogP contribution is 2.32. The highest BCUT2D eigenvalue weighted by Gasteiger charge is 2.31. The van der Waals surface area contributed by atoms with E-state index in [1.165, 1.54) is 4.90 Å². The van der Waals surface area contributed by atoms with Crippen LogP contribution in [0.5, 0.6) is 0 Å². The van der Waals surface area contributed by atoms with Crippen LogP contribution in [0.4, 0.5) is 10.5 Å². The number of aliphatic hydroxyl groups is 1. The Morgan fingerprint density at radius 2 is 2.32 bits per heavy atom. The number of pyridine rings is 1. The van der Waals surface area contributed by atoms with Gasteiger partial charge in [-0.25, -0.2) is 9.78 Å². The first-order valence-electron chi connectivity index (χ1n) is 6.30. The summed E-state index contributed by atoms with van der Waals surface area (Å²) in [7, 11) is 1.68. The number of nitrogens with one attached hydrogen (secondary N) is 1. The molecule has 0 bridgehead atoms. The zero-order chi connectivity index (χ0) is 14.0. The van der Waals surface area contributed by atoms with E-state index < -0.39 is 6.10 Å². The number of amides is 2. The van der Waals surface area contributed by atoms with Gasteiger partial charge < -0.3 is 15.3 Å². The number of urea groups is 1. The van der Waals surface area contributed by atoms with Crippen molar-refractivity contribution in [1.82, 2.24) is 9.88 Å². The summed E-state index contributed by atoms with van der Waals surface area (Å²) in [6.45, 7) is 2.19. The van der Waals surface area contributed by atoms with Crippen molar-refractivity contribution in [3.8, 4) is 0 Å². The second kappa shape index (κ2) is 5.88. The van der Waals surface area contributed by atoms with Crippen LogP contribution in [0.3, 0.4) is 0 Å². The number of halogens is 1. The van der Waals surface area contributed by atoms with Gasteiger partial charge in [0.15, 0.2) is 0 Å². The van der Waals surface area contributed by atoms with E-state index in [1.807, 2.05) is 6.92 Å². The summed E-state index contributed by atoms with van der Waals surface area (Å²) in [5.41, 5.74) is 1.43. The first kappa shape index (κ1) is 14.3. The van der Waals surface area contributed by atoms with Gasteiger partial charge in [0.1, 0.15) is 4.60 Å². The van der Waals surface area contributed by atoms with Crippen molar-refractivity contribution < 1.29 is 9.90 Å². The molecule has 1 aliphatic rings. The average Bonchev–Trinajstić information content (AvgIpc) is 3.16. The number of hydrogen-bond acceptors (Lipinski definition) is 3. The third-order valence-corrected chi connectivity index (χ3v) is 3.71. The van der Waals surface area contributed by atoms with Crippen LogP contribution in [0.1, 0.15) is 18.5 Å². The van der Waals surface area contributed by atoms with E-state index in [9.17, 15) is 9.90 Å². The number of aryl methyl sites for hydroxylation is 1. The van der Waals surface area contributed by atoms with Crippen molar-refractivity contribution in [2.45, 2.75) is 25.9 Å². The van der Waals surface area contributed by atoms with Crippen LogP contribution in [0, 0.1) is 12.8 Å². The van der Waals surface area contributed by atoms with Gasteiger partial charge in [0, 0.05) is 13.6 Å². The monoisotopic (exact) mass is 327 g/mol. The predicted molar refractivity (Wildman–Crippen MR) is 77.1 cm³/mol. The number of carbonyl (C=O) groups excluding carboxylic acids is 1. The average molecular weight is 328 g/mol. The Balaban J connectivity index is 1.91. The topological polar surface area (TPSA) is 65.5 Å². The van der Waals surface area contributed by atoms with Crippen molar-refractivity contribution in [3.63, 3.8) is 0 Å². The van der Waals surface area contributed by atoms with E-state index in [0.29, 0.717) is 18.2 Å². The molecule has 2 N–H and O–H groups in total. The number of anilines is 1. The van der Waals surface area contributed by atoms with Crippen molar-refractivity contribution in [3.05, 3.63) is 22.4 Å². The third kappa shape index (κ3) is 3.91. The molecular formula is C13H18BrN3O2. The summed E-state index contributed by atoms with van der Waals surface area (Å²) in [6.07, 6.45) is 1.71. The molecule has 0 aromatic carbocycles. The Hall–Kier alpha value is -1.14. The van der Waals surface area contributed by atoms with Crippen molar-refractivity contribution in [1.29, 1.82) is 0 Å². The molecule has 1 aromatic rings. The number of likely N-dealkylation sites (N-methyl/N-ethyl adjacent to an activating group) is 1. The molecule has 2 amide bonds. The van der Waals surface area contributed by atoms with Gasteiger partial charge in [-0.05, 0) is 53.7 Å². The maximum Gasteiger partial charge on any atom is 0.321 e. The van der Waals surface area contributed by atoms with Gasteiger partial charge in [-0.15, -0.1) is 0 Å². The van der Waals surface area contributed by atoms with E-state index in [4.69, 9.17) is 0 Å². The molecular weight excluding hydrogens is 310 g/mol. The molecule has 5 nitrogen and oxygen atoms in total. The number of nitrogens with zero attached hydrogens (tertiary/aromatic N) is 2. The van der Waals surface area contributed by atoms with Crippen molar-refractivity contribution >= 4 is 27.6 Å². The number of carbonyl (C=O) groups is 1. The molecule has 1 aliphatic carbocycles. The molecule has 1 aromatic heterocycles. The van der Waals surface area contributed by atoms with Gasteiger partial charge in [-0.2, -0.15) is 0 Å². The second-order valence-electron chi connectivity index (χ2n) is 4.98. The maximum atomic E-state index is 12.0. The zero-order valence-corrected chi connectivity index (χ0v) is 12.6. The third-order valence-electron chi connectivity index (χ3n) is 3.27. The summed E-state index contributed by atoms with van der Waals surface area (Å²) >= 11 is 3.28. The van der Waals surface area contributed by atoms with Crippen LogP contribution in [0.15, 0.2) is 16.7 Å². The molecule has 0 aliphatic heterocycles. The number of rotatable bonds is 4. The summed E-state index contributed by atoms with van der Waals surface area (Å²) in [6, 6.07) is 3.35. The van der Waals surface area contributed by atoms with E-state index >= 15 is 0 Å². The van der Waals surface area contributed by atoms with Crippen molar-refractivity contribution in [2.75, 3.05) is 18.9 Å². The Bertz CT molecular complexity index is 477. The summed E-state index contributed by atoms with van der Waals surface area (Å²) in [5.74, 6) is 0.367. The standard InChI is InChI=1S/C13H18BrN3O2/c1-8-10(5-6-12(14)15-8)16-13(19)17(2)7-11(18)9-3-4-9/h5-6,9,11,18H,3-4,7H2,1-2H3,(H,16,19). The number of hydrogen-bond donors (Lipinski definition) is 2. The molecule has 1 fully saturated rings. The lowest BCUT2D eigenvalue weighted by Crippen LogP contribution is -2.38. The molecule has 1 unspecified atom stereocenters. The van der Waals surface area contributed by atoms with Gasteiger partial charge in [0.05, 0.1) is 17.5 Å². The summed E-state index contributed by atoms with van der Waals surface area (Å²) < 4.78 is 0.737. The SMILES string of the molecule is Cc1nc(Br)ccc1NC(=O)N(C)CC(O)C1CC1. The highest BCUT2D eigenvalue weighted by atomic mass is 79.9. The van der Waals surface area contributed by atoms with Crippen molar-refractivity contribution in [2.24, 2.45) is 5.92 Å². The summed E-state index contributed by atoms with van der Waals surface area (Å²) in [4.78, 5) is 17.7. The van der Waals surface area contributed by atoms with Gasteiger partial charge in [-0.3, -0.25) is 0 Å². The molecule has 0 saturated heterocycles. The Morgan fingerprint density at radius 3 is 2.89 bits per heavy atom. The van der Waals surface area contributed by atoms with Crippen LogP contribution in [-0.4, -0.2) is 40.7 Å². The Labute approximate surface area is 121 Å². The van der Waals surface area contributed by atoms with E-state index in [2.05, 4.69) is 26.2 Å². The molecule has 2 rings (SSSR count). The number of aromatic nitrogens is 1. The van der Waals surface area contributed by atoms with E-state index in [1.54, 1.807) is 19.2 Å². The molecule has 104 valence electrons.